The molecule has 18 heavy (non-hydrogen) atoms. The molecule has 0 atom stereocenters. The van der Waals surface area contributed by atoms with E-state index in [2.05, 4.69) is 27.4 Å². The van der Waals surface area contributed by atoms with Gasteiger partial charge in [0.1, 0.15) is 6.54 Å². The Kier molecular flexibility index (Phi) is 12.5. The van der Waals surface area contributed by atoms with Crippen LogP contribution in [0.2, 0.25) is 0 Å². The lowest BCUT2D eigenvalue weighted by molar-refractivity contribution is -0.135. The Bertz CT molecular complexity index is 231. The van der Waals surface area contributed by atoms with E-state index in [1.165, 1.54) is 19.3 Å². The number of allylic oxidation sites excluding steroid dienone is 1. The molecule has 1 fully saturated rings. The minimum atomic E-state index is -1.33. The Morgan fingerprint density at radius 3 is 1.89 bits per heavy atom. The molecular weight excluding hydrogens is 234 g/mol. The standard InChI is InChI=1S/C6H10.C4H10.C3H5NO4/c1-2-3-6-4-5-6;1-4(2)3;5-2(6)1-4-3(7)8/h2,6H,1,3-5H2;4H,1-3H3;4H,1H2,(H,5,6)(H,7,8). The number of aliphatic carboxylic acids is 1. The number of hydrogen-bond donors (Lipinski definition) is 3. The monoisotopic (exact) mass is 259 g/mol. The number of amides is 1. The SMILES string of the molecule is C=CCC1CC1.CC(C)C.O=C(O)CNC(=O)O. The molecular formula is C13H25NO4. The van der Waals surface area contributed by atoms with E-state index in [0.717, 1.165) is 11.8 Å². The van der Waals surface area contributed by atoms with Gasteiger partial charge in [0.25, 0.3) is 0 Å². The van der Waals surface area contributed by atoms with Crippen molar-refractivity contribution in [3.05, 3.63) is 12.7 Å². The van der Waals surface area contributed by atoms with Gasteiger partial charge in [0.15, 0.2) is 0 Å². The van der Waals surface area contributed by atoms with Crippen LogP contribution in [0.1, 0.15) is 40.0 Å². The lowest BCUT2D eigenvalue weighted by Crippen LogP contribution is -2.27. The molecule has 0 heterocycles. The highest BCUT2D eigenvalue weighted by molar-refractivity contribution is 5.75. The molecule has 1 aliphatic carbocycles. The maximum Gasteiger partial charge on any atom is 0.405 e. The third-order valence-corrected chi connectivity index (χ3v) is 1.59. The summed E-state index contributed by atoms with van der Waals surface area (Å²) in [7, 11) is 0. The van der Waals surface area contributed by atoms with Gasteiger partial charge in [0.2, 0.25) is 0 Å². The van der Waals surface area contributed by atoms with Crippen molar-refractivity contribution in [1.29, 1.82) is 0 Å². The molecule has 5 nitrogen and oxygen atoms in total. The summed E-state index contributed by atoms with van der Waals surface area (Å²) in [6, 6.07) is 0. The van der Waals surface area contributed by atoms with Gasteiger partial charge in [-0.05, 0) is 31.1 Å². The number of carbonyl (C=O) groups is 2. The molecule has 0 aromatic carbocycles. The minimum absolute atomic E-state index is 0.546. The quantitative estimate of drug-likeness (QED) is 0.677. The van der Waals surface area contributed by atoms with Crippen LogP contribution in [-0.4, -0.2) is 28.8 Å². The van der Waals surface area contributed by atoms with Crippen LogP contribution in [0.3, 0.4) is 0 Å². The zero-order valence-electron chi connectivity index (χ0n) is 11.5. The van der Waals surface area contributed by atoms with Crippen molar-refractivity contribution in [1.82, 2.24) is 5.32 Å². The van der Waals surface area contributed by atoms with E-state index in [9.17, 15) is 9.59 Å². The van der Waals surface area contributed by atoms with Crippen LogP contribution in [0.15, 0.2) is 12.7 Å². The molecule has 3 N–H and O–H groups in total. The molecule has 0 aromatic heterocycles. The Labute approximate surface area is 109 Å². The van der Waals surface area contributed by atoms with Crippen molar-refractivity contribution in [2.45, 2.75) is 40.0 Å². The van der Waals surface area contributed by atoms with Gasteiger partial charge in [0, 0.05) is 0 Å². The van der Waals surface area contributed by atoms with Gasteiger partial charge in [-0.2, -0.15) is 0 Å². The highest BCUT2D eigenvalue weighted by atomic mass is 16.4. The molecule has 0 saturated heterocycles. The fourth-order valence-electron chi connectivity index (χ4n) is 0.740. The summed E-state index contributed by atoms with van der Waals surface area (Å²) in [6.07, 6.45) is 4.84. The van der Waals surface area contributed by atoms with Crippen LogP contribution in [0, 0.1) is 11.8 Å². The van der Waals surface area contributed by atoms with Crippen LogP contribution < -0.4 is 5.32 Å². The lowest BCUT2D eigenvalue weighted by atomic mass is 10.3. The molecule has 0 bridgehead atoms. The second kappa shape index (κ2) is 12.0. The van der Waals surface area contributed by atoms with Crippen molar-refractivity contribution in [3.63, 3.8) is 0 Å². The summed E-state index contributed by atoms with van der Waals surface area (Å²) in [4.78, 5) is 19.1. The molecule has 106 valence electrons. The molecule has 1 saturated carbocycles. The molecule has 0 unspecified atom stereocenters. The zero-order valence-corrected chi connectivity index (χ0v) is 11.5. The summed E-state index contributed by atoms with van der Waals surface area (Å²) < 4.78 is 0. The Morgan fingerprint density at radius 2 is 1.78 bits per heavy atom. The maximum absolute atomic E-state index is 9.58. The van der Waals surface area contributed by atoms with E-state index in [-0.39, 0.29) is 0 Å². The third-order valence-electron chi connectivity index (χ3n) is 1.59. The molecule has 1 aliphatic rings. The number of hydrogen-bond acceptors (Lipinski definition) is 2. The van der Waals surface area contributed by atoms with Crippen molar-refractivity contribution < 1.29 is 19.8 Å². The van der Waals surface area contributed by atoms with Crippen LogP contribution >= 0.6 is 0 Å². The summed E-state index contributed by atoms with van der Waals surface area (Å²) in [5.74, 6) is 0.676. The fourth-order valence-corrected chi connectivity index (χ4v) is 0.740. The predicted octanol–water partition coefficient (Wildman–Crippen LogP) is 2.97. The molecule has 5 heteroatoms. The second-order valence-electron chi connectivity index (χ2n) is 4.75. The van der Waals surface area contributed by atoms with Gasteiger partial charge in [-0.1, -0.05) is 26.8 Å². The first-order chi connectivity index (χ1) is 8.29. The molecule has 1 amide bonds. The third kappa shape index (κ3) is 29.3. The minimum Gasteiger partial charge on any atom is -0.480 e. The van der Waals surface area contributed by atoms with E-state index >= 15 is 0 Å². The molecule has 1 rings (SSSR count). The number of carboxylic acid groups (broad SMARTS) is 2. The molecule has 0 aromatic rings. The zero-order chi connectivity index (χ0) is 14.6. The van der Waals surface area contributed by atoms with Crippen molar-refractivity contribution in [2.75, 3.05) is 6.54 Å². The highest BCUT2D eigenvalue weighted by Crippen LogP contribution is 2.32. The number of rotatable bonds is 4. The Hall–Kier alpha value is -1.52. The van der Waals surface area contributed by atoms with Gasteiger partial charge < -0.3 is 15.5 Å². The highest BCUT2D eigenvalue weighted by Gasteiger charge is 2.18. The first-order valence-corrected chi connectivity index (χ1v) is 6.09. The smallest absolute Gasteiger partial charge is 0.405 e. The van der Waals surface area contributed by atoms with Crippen LogP contribution in [0.4, 0.5) is 4.79 Å². The van der Waals surface area contributed by atoms with E-state index in [4.69, 9.17) is 10.2 Å². The summed E-state index contributed by atoms with van der Waals surface area (Å²) >= 11 is 0. The fraction of sp³-hybridized carbons (Fsp3) is 0.692. The first-order valence-electron chi connectivity index (χ1n) is 6.09. The summed E-state index contributed by atoms with van der Waals surface area (Å²) in [6.45, 7) is 9.59. The van der Waals surface area contributed by atoms with E-state index in [1.807, 2.05) is 6.08 Å². The lowest BCUT2D eigenvalue weighted by Gasteiger charge is -1.90. The van der Waals surface area contributed by atoms with Gasteiger partial charge >= 0.3 is 12.1 Å². The maximum atomic E-state index is 9.58. The average Bonchev–Trinajstić information content (AvgIpc) is 2.99. The average molecular weight is 259 g/mol. The number of nitrogens with one attached hydrogen (secondary N) is 1. The normalized spacial score (nSPS) is 12.4. The Morgan fingerprint density at radius 1 is 1.33 bits per heavy atom. The van der Waals surface area contributed by atoms with Gasteiger partial charge in [0.05, 0.1) is 0 Å². The van der Waals surface area contributed by atoms with Crippen LogP contribution in [0.5, 0.6) is 0 Å². The Balaban J connectivity index is 0. The van der Waals surface area contributed by atoms with E-state index < -0.39 is 18.6 Å². The second-order valence-corrected chi connectivity index (χ2v) is 4.75. The van der Waals surface area contributed by atoms with Gasteiger partial charge in [-0.25, -0.2) is 4.79 Å². The van der Waals surface area contributed by atoms with Crippen LogP contribution in [0.25, 0.3) is 0 Å². The molecule has 0 spiro atoms. The number of carboxylic acids is 1. The van der Waals surface area contributed by atoms with Crippen molar-refractivity contribution in [2.24, 2.45) is 11.8 Å². The van der Waals surface area contributed by atoms with Crippen molar-refractivity contribution in [3.8, 4) is 0 Å². The largest absolute Gasteiger partial charge is 0.480 e. The summed E-state index contributed by atoms with van der Waals surface area (Å²) in [5.41, 5.74) is 0. The van der Waals surface area contributed by atoms with Crippen molar-refractivity contribution >= 4 is 12.1 Å². The van der Waals surface area contributed by atoms with Gasteiger partial charge in [-0.15, -0.1) is 6.58 Å². The molecule has 0 radical (unpaired) electrons. The van der Waals surface area contributed by atoms with E-state index in [0.29, 0.717) is 0 Å². The van der Waals surface area contributed by atoms with Gasteiger partial charge in [-0.3, -0.25) is 4.79 Å². The molecule has 0 aliphatic heterocycles. The predicted molar refractivity (Wildman–Crippen MR) is 71.7 cm³/mol. The van der Waals surface area contributed by atoms with E-state index in [1.54, 1.807) is 5.32 Å². The summed E-state index contributed by atoms with van der Waals surface area (Å²) in [5, 5.41) is 17.3. The van der Waals surface area contributed by atoms with Crippen LogP contribution in [-0.2, 0) is 4.79 Å². The first kappa shape index (κ1) is 18.8. The topological polar surface area (TPSA) is 86.6 Å².